The quantitative estimate of drug-likeness (QED) is 0.936. The van der Waals surface area contributed by atoms with Crippen molar-refractivity contribution >= 4 is 33.0 Å². The maximum atomic E-state index is 4.31. The molecule has 16 heavy (non-hydrogen) atoms. The van der Waals surface area contributed by atoms with Gasteiger partial charge in [-0.05, 0) is 41.9 Å². The van der Waals surface area contributed by atoms with E-state index < -0.39 is 0 Å². The molecule has 86 valence electrons. The predicted octanol–water partition coefficient (Wildman–Crippen LogP) is 3.73. The highest BCUT2D eigenvalue weighted by Gasteiger charge is 2.10. The molecule has 0 bridgehead atoms. The number of nitrogens with one attached hydrogen (secondary N) is 1. The number of aromatic nitrogens is 2. The van der Waals surface area contributed by atoms with Gasteiger partial charge in [-0.1, -0.05) is 0 Å². The van der Waals surface area contributed by atoms with Crippen LogP contribution in [-0.4, -0.2) is 9.78 Å². The van der Waals surface area contributed by atoms with Crippen molar-refractivity contribution in [3.05, 3.63) is 32.7 Å². The Bertz CT molecular complexity index is 489. The zero-order valence-corrected chi connectivity index (χ0v) is 11.9. The molecule has 0 aliphatic rings. The summed E-state index contributed by atoms with van der Waals surface area (Å²) in [5, 5.41) is 7.78. The van der Waals surface area contributed by atoms with Crippen molar-refractivity contribution in [3.63, 3.8) is 0 Å². The van der Waals surface area contributed by atoms with Gasteiger partial charge < -0.3 is 5.32 Å². The monoisotopic (exact) mass is 299 g/mol. The van der Waals surface area contributed by atoms with Crippen LogP contribution in [0.4, 0.5) is 5.69 Å². The molecular weight excluding hydrogens is 286 g/mol. The second kappa shape index (κ2) is 4.59. The van der Waals surface area contributed by atoms with Crippen LogP contribution in [0, 0.1) is 6.92 Å². The molecule has 0 saturated carbocycles. The first-order chi connectivity index (χ1) is 7.56. The van der Waals surface area contributed by atoms with E-state index in [1.165, 1.54) is 8.66 Å². The van der Waals surface area contributed by atoms with Crippen LogP contribution < -0.4 is 5.32 Å². The second-order valence-electron chi connectivity index (χ2n) is 3.81. The first kappa shape index (κ1) is 11.7. The Morgan fingerprint density at radius 1 is 1.50 bits per heavy atom. The maximum Gasteiger partial charge on any atom is 0.0825 e. The molecule has 3 nitrogen and oxygen atoms in total. The highest BCUT2D eigenvalue weighted by atomic mass is 79.9. The Labute approximate surface area is 108 Å². The second-order valence-corrected chi connectivity index (χ2v) is 6.30. The number of thiophene rings is 1. The summed E-state index contributed by atoms with van der Waals surface area (Å²) < 4.78 is 2.99. The molecule has 0 saturated heterocycles. The Morgan fingerprint density at radius 2 is 2.25 bits per heavy atom. The third-order valence-corrected chi connectivity index (χ3v) is 4.21. The fourth-order valence-electron chi connectivity index (χ4n) is 1.61. The van der Waals surface area contributed by atoms with Crippen molar-refractivity contribution in [2.75, 3.05) is 5.32 Å². The van der Waals surface area contributed by atoms with E-state index in [2.05, 4.69) is 45.4 Å². The van der Waals surface area contributed by atoms with Gasteiger partial charge in [0.1, 0.15) is 0 Å². The van der Waals surface area contributed by atoms with Gasteiger partial charge in [-0.3, -0.25) is 4.68 Å². The fraction of sp³-hybridized carbons (Fsp3) is 0.364. The lowest BCUT2D eigenvalue weighted by molar-refractivity contribution is 0.756. The van der Waals surface area contributed by atoms with E-state index in [4.69, 9.17) is 0 Å². The molecule has 0 fully saturated rings. The lowest BCUT2D eigenvalue weighted by Crippen LogP contribution is -2.04. The molecule has 0 spiro atoms. The van der Waals surface area contributed by atoms with Crippen molar-refractivity contribution < 1.29 is 0 Å². The van der Waals surface area contributed by atoms with E-state index in [1.807, 2.05) is 24.9 Å². The molecule has 0 radical (unpaired) electrons. The summed E-state index contributed by atoms with van der Waals surface area (Å²) in [5.74, 6) is 0. The number of halogens is 1. The molecule has 1 atom stereocenters. The van der Waals surface area contributed by atoms with Crippen LogP contribution in [0.5, 0.6) is 0 Å². The van der Waals surface area contributed by atoms with Gasteiger partial charge in [0.15, 0.2) is 0 Å². The number of rotatable bonds is 3. The summed E-state index contributed by atoms with van der Waals surface area (Å²) in [6.45, 7) is 4.17. The maximum absolute atomic E-state index is 4.31. The highest BCUT2D eigenvalue weighted by Crippen LogP contribution is 2.29. The van der Waals surface area contributed by atoms with Gasteiger partial charge in [0, 0.05) is 18.1 Å². The minimum Gasteiger partial charge on any atom is -0.375 e. The van der Waals surface area contributed by atoms with Gasteiger partial charge in [-0.25, -0.2) is 0 Å². The van der Waals surface area contributed by atoms with E-state index in [9.17, 15) is 0 Å². The summed E-state index contributed by atoms with van der Waals surface area (Å²) in [5.41, 5.74) is 2.13. The minimum absolute atomic E-state index is 0.305. The van der Waals surface area contributed by atoms with Crippen LogP contribution in [0.2, 0.25) is 0 Å². The summed E-state index contributed by atoms with van der Waals surface area (Å²) >= 11 is 5.23. The Hall–Kier alpha value is -0.810. The van der Waals surface area contributed by atoms with Crippen LogP contribution in [0.1, 0.15) is 23.5 Å². The van der Waals surface area contributed by atoms with Gasteiger partial charge in [-0.2, -0.15) is 5.10 Å². The normalized spacial score (nSPS) is 12.8. The molecule has 2 heterocycles. The molecule has 5 heteroatoms. The molecule has 1 unspecified atom stereocenters. The zero-order valence-electron chi connectivity index (χ0n) is 9.49. The average molecular weight is 300 g/mol. The van der Waals surface area contributed by atoms with Gasteiger partial charge in [0.25, 0.3) is 0 Å². The molecule has 2 aromatic heterocycles. The topological polar surface area (TPSA) is 29.9 Å². The smallest absolute Gasteiger partial charge is 0.0825 e. The van der Waals surface area contributed by atoms with Crippen molar-refractivity contribution in [3.8, 4) is 0 Å². The third-order valence-electron chi connectivity index (χ3n) is 2.41. The van der Waals surface area contributed by atoms with Crippen LogP contribution in [0.25, 0.3) is 0 Å². The van der Waals surface area contributed by atoms with E-state index >= 15 is 0 Å². The lowest BCUT2D eigenvalue weighted by Gasteiger charge is -2.12. The molecule has 2 aromatic rings. The molecular formula is C11H14BrN3S. The molecule has 0 aliphatic heterocycles. The Morgan fingerprint density at radius 3 is 2.75 bits per heavy atom. The lowest BCUT2D eigenvalue weighted by atomic mass is 10.2. The van der Waals surface area contributed by atoms with Crippen molar-refractivity contribution in [2.24, 2.45) is 7.05 Å². The summed E-state index contributed by atoms with van der Waals surface area (Å²) in [4.78, 5) is 1.31. The first-order valence-electron chi connectivity index (χ1n) is 5.08. The van der Waals surface area contributed by atoms with Crippen LogP contribution >= 0.6 is 27.3 Å². The number of aryl methyl sites for hydroxylation is 2. The number of anilines is 1. The minimum atomic E-state index is 0.305. The number of nitrogens with zero attached hydrogens (tertiary/aromatic N) is 2. The van der Waals surface area contributed by atoms with Crippen LogP contribution in [0.3, 0.4) is 0 Å². The van der Waals surface area contributed by atoms with E-state index in [0.29, 0.717) is 6.04 Å². The SMILES string of the molecule is Cc1nn(C)cc1NC(C)c1ccc(Br)s1. The third kappa shape index (κ3) is 2.47. The van der Waals surface area contributed by atoms with E-state index in [0.717, 1.165) is 11.4 Å². The van der Waals surface area contributed by atoms with Gasteiger partial charge >= 0.3 is 0 Å². The number of hydrogen-bond acceptors (Lipinski definition) is 3. The van der Waals surface area contributed by atoms with Crippen molar-refractivity contribution in [1.29, 1.82) is 0 Å². The highest BCUT2D eigenvalue weighted by molar-refractivity contribution is 9.11. The van der Waals surface area contributed by atoms with Gasteiger partial charge in [-0.15, -0.1) is 11.3 Å². The summed E-state index contributed by atoms with van der Waals surface area (Å²) in [6, 6.07) is 4.52. The predicted molar refractivity (Wildman–Crippen MR) is 72.0 cm³/mol. The Balaban J connectivity index is 2.13. The molecule has 1 N–H and O–H groups in total. The standard InChI is InChI=1S/C11H14BrN3S/c1-7-9(6-15(3)14-7)13-8(2)10-4-5-11(12)16-10/h4-6,8,13H,1-3H3. The van der Waals surface area contributed by atoms with E-state index in [-0.39, 0.29) is 0 Å². The number of hydrogen-bond donors (Lipinski definition) is 1. The van der Waals surface area contributed by atoms with Gasteiger partial charge in [0.2, 0.25) is 0 Å². The largest absolute Gasteiger partial charge is 0.375 e. The fourth-order valence-corrected chi connectivity index (χ4v) is 3.03. The molecule has 2 rings (SSSR count). The molecule has 0 aliphatic carbocycles. The van der Waals surface area contributed by atoms with Gasteiger partial charge in [0.05, 0.1) is 21.2 Å². The van der Waals surface area contributed by atoms with Crippen LogP contribution in [-0.2, 0) is 7.05 Å². The summed E-state index contributed by atoms with van der Waals surface area (Å²) in [6.07, 6.45) is 2.01. The zero-order chi connectivity index (χ0) is 11.7. The Kier molecular flexibility index (Phi) is 3.35. The summed E-state index contributed by atoms with van der Waals surface area (Å²) in [7, 11) is 1.94. The van der Waals surface area contributed by atoms with Crippen LogP contribution in [0.15, 0.2) is 22.1 Å². The molecule has 0 aromatic carbocycles. The van der Waals surface area contributed by atoms with E-state index in [1.54, 1.807) is 11.3 Å². The molecule has 0 amide bonds. The average Bonchev–Trinajstić information content (AvgIpc) is 2.74. The first-order valence-corrected chi connectivity index (χ1v) is 6.69. The van der Waals surface area contributed by atoms with Crippen molar-refractivity contribution in [1.82, 2.24) is 9.78 Å². The van der Waals surface area contributed by atoms with Crippen molar-refractivity contribution in [2.45, 2.75) is 19.9 Å².